The van der Waals surface area contributed by atoms with E-state index in [0.29, 0.717) is 6.61 Å². The van der Waals surface area contributed by atoms with E-state index in [1.54, 1.807) is 0 Å². The summed E-state index contributed by atoms with van der Waals surface area (Å²) in [5.74, 6) is 0.976. The number of para-hydroxylation sites is 1. The molecule has 0 atom stereocenters. The molecule has 0 aliphatic carbocycles. The number of likely N-dealkylation sites (tertiary alicyclic amines) is 1. The van der Waals surface area contributed by atoms with E-state index >= 15 is 0 Å². The van der Waals surface area contributed by atoms with Gasteiger partial charge in [-0.05, 0) is 45.2 Å². The van der Waals surface area contributed by atoms with Crippen molar-refractivity contribution in [3.05, 3.63) is 30.3 Å². The fourth-order valence-corrected chi connectivity index (χ4v) is 4.36. The maximum Gasteiger partial charge on any atom is 0.309 e. The van der Waals surface area contributed by atoms with Gasteiger partial charge in [0, 0.05) is 64.6 Å². The number of nitrogens with one attached hydrogen (secondary N) is 1. The third-order valence-electron chi connectivity index (χ3n) is 6.14. The molecule has 2 aliphatic heterocycles. The SMILES string of the molecule is CCNC(=NCCCN1CCN(c2ccccc2)CC1)N1CCC(C(=O)OCC)CC1. The molecule has 31 heavy (non-hydrogen) atoms. The van der Waals surface area contributed by atoms with Crippen LogP contribution in [0.1, 0.15) is 33.1 Å². The quantitative estimate of drug-likeness (QED) is 0.296. The van der Waals surface area contributed by atoms with Crippen molar-refractivity contribution in [1.29, 1.82) is 0 Å². The molecular formula is C24H39N5O2. The molecule has 0 unspecified atom stereocenters. The van der Waals surface area contributed by atoms with Crippen LogP contribution in [0.15, 0.2) is 35.3 Å². The topological polar surface area (TPSA) is 60.4 Å². The van der Waals surface area contributed by atoms with Crippen LogP contribution in [0, 0.1) is 5.92 Å². The van der Waals surface area contributed by atoms with Crippen LogP contribution in [-0.4, -0.2) is 87.2 Å². The van der Waals surface area contributed by atoms with Gasteiger partial charge in [-0.15, -0.1) is 0 Å². The molecule has 2 saturated heterocycles. The summed E-state index contributed by atoms with van der Waals surface area (Å²) in [6.45, 7) is 13.3. The monoisotopic (exact) mass is 429 g/mol. The molecule has 0 amide bonds. The van der Waals surface area contributed by atoms with E-state index in [1.165, 1.54) is 5.69 Å². The summed E-state index contributed by atoms with van der Waals surface area (Å²) < 4.78 is 5.18. The van der Waals surface area contributed by atoms with Crippen LogP contribution in [0.4, 0.5) is 5.69 Å². The standard InChI is InChI=1S/C24H39N5O2/c1-3-25-24(29-15-11-21(12-16-29)23(30)31-4-2)26-13-8-14-27-17-19-28(20-18-27)22-9-6-5-7-10-22/h5-7,9-10,21H,3-4,8,11-20H2,1-2H3,(H,25,26). The van der Waals surface area contributed by atoms with Crippen molar-refractivity contribution in [1.82, 2.24) is 15.1 Å². The lowest BCUT2D eigenvalue weighted by Gasteiger charge is -2.36. The number of piperidine rings is 1. The Kier molecular flexibility index (Phi) is 9.46. The van der Waals surface area contributed by atoms with Gasteiger partial charge in [0.15, 0.2) is 5.96 Å². The second kappa shape index (κ2) is 12.5. The number of carbonyl (C=O) groups is 1. The largest absolute Gasteiger partial charge is 0.466 e. The highest BCUT2D eigenvalue weighted by Gasteiger charge is 2.27. The van der Waals surface area contributed by atoms with Crippen LogP contribution < -0.4 is 10.2 Å². The number of rotatable bonds is 8. The average molecular weight is 430 g/mol. The van der Waals surface area contributed by atoms with Gasteiger partial charge in [-0.3, -0.25) is 14.7 Å². The van der Waals surface area contributed by atoms with Gasteiger partial charge < -0.3 is 19.9 Å². The molecule has 0 bridgehead atoms. The highest BCUT2D eigenvalue weighted by atomic mass is 16.5. The lowest BCUT2D eigenvalue weighted by Crippen LogP contribution is -2.47. The molecule has 2 aliphatic rings. The van der Waals surface area contributed by atoms with Crippen molar-refractivity contribution in [3.63, 3.8) is 0 Å². The first-order chi connectivity index (χ1) is 15.2. The van der Waals surface area contributed by atoms with Crippen molar-refractivity contribution in [3.8, 4) is 0 Å². The van der Waals surface area contributed by atoms with E-state index in [1.807, 2.05) is 6.92 Å². The molecule has 3 rings (SSSR count). The van der Waals surface area contributed by atoms with Gasteiger partial charge in [-0.1, -0.05) is 18.2 Å². The molecule has 2 heterocycles. The number of piperazine rings is 1. The normalized spacial score (nSPS) is 18.8. The highest BCUT2D eigenvalue weighted by molar-refractivity contribution is 5.80. The average Bonchev–Trinajstić information content (AvgIpc) is 2.82. The summed E-state index contributed by atoms with van der Waals surface area (Å²) in [4.78, 5) is 24.1. The molecule has 2 fully saturated rings. The first-order valence-corrected chi connectivity index (χ1v) is 11.9. The Labute approximate surface area is 187 Å². The summed E-state index contributed by atoms with van der Waals surface area (Å²) in [5, 5.41) is 3.42. The summed E-state index contributed by atoms with van der Waals surface area (Å²) in [5.41, 5.74) is 1.33. The summed E-state index contributed by atoms with van der Waals surface area (Å²) in [6, 6.07) is 10.7. The Morgan fingerprint density at radius 1 is 1.06 bits per heavy atom. The van der Waals surface area contributed by atoms with Gasteiger partial charge in [0.1, 0.15) is 0 Å². The molecular weight excluding hydrogens is 390 g/mol. The van der Waals surface area contributed by atoms with E-state index in [4.69, 9.17) is 9.73 Å². The lowest BCUT2D eigenvalue weighted by molar-refractivity contribution is -0.149. The molecule has 0 radical (unpaired) electrons. The summed E-state index contributed by atoms with van der Waals surface area (Å²) >= 11 is 0. The van der Waals surface area contributed by atoms with Crippen molar-refractivity contribution in [2.75, 3.05) is 70.4 Å². The van der Waals surface area contributed by atoms with Crippen LogP contribution in [0.25, 0.3) is 0 Å². The molecule has 172 valence electrons. The van der Waals surface area contributed by atoms with Crippen LogP contribution >= 0.6 is 0 Å². The number of aliphatic imine (C=N–C) groups is 1. The minimum absolute atomic E-state index is 0.0358. The van der Waals surface area contributed by atoms with E-state index in [2.05, 4.69) is 57.3 Å². The Bertz CT molecular complexity index is 680. The molecule has 0 aromatic heterocycles. The van der Waals surface area contributed by atoms with Gasteiger partial charge in [-0.25, -0.2) is 0 Å². The minimum atomic E-state index is -0.0450. The number of hydrogen-bond donors (Lipinski definition) is 1. The van der Waals surface area contributed by atoms with Crippen LogP contribution in [0.2, 0.25) is 0 Å². The van der Waals surface area contributed by atoms with Crippen molar-refractivity contribution in [2.45, 2.75) is 33.1 Å². The zero-order valence-electron chi connectivity index (χ0n) is 19.3. The van der Waals surface area contributed by atoms with Gasteiger partial charge in [0.25, 0.3) is 0 Å². The molecule has 1 aromatic carbocycles. The number of guanidine groups is 1. The van der Waals surface area contributed by atoms with Crippen molar-refractivity contribution < 1.29 is 9.53 Å². The minimum Gasteiger partial charge on any atom is -0.466 e. The Morgan fingerprint density at radius 2 is 1.77 bits per heavy atom. The van der Waals surface area contributed by atoms with Crippen molar-refractivity contribution in [2.24, 2.45) is 10.9 Å². The molecule has 7 heteroatoms. The first-order valence-electron chi connectivity index (χ1n) is 11.9. The van der Waals surface area contributed by atoms with Crippen LogP contribution in [0.3, 0.4) is 0 Å². The van der Waals surface area contributed by atoms with E-state index in [-0.39, 0.29) is 11.9 Å². The molecule has 7 nitrogen and oxygen atoms in total. The second-order valence-electron chi connectivity index (χ2n) is 8.27. The fraction of sp³-hybridized carbons (Fsp3) is 0.667. The number of esters is 1. The van der Waals surface area contributed by atoms with Crippen LogP contribution in [-0.2, 0) is 9.53 Å². The predicted molar refractivity (Wildman–Crippen MR) is 127 cm³/mol. The maximum absolute atomic E-state index is 12.0. The Morgan fingerprint density at radius 3 is 2.42 bits per heavy atom. The first kappa shape index (κ1) is 23.4. The van der Waals surface area contributed by atoms with Crippen molar-refractivity contribution >= 4 is 17.6 Å². The maximum atomic E-state index is 12.0. The number of hydrogen-bond acceptors (Lipinski definition) is 5. The van der Waals surface area contributed by atoms with Gasteiger partial charge in [0.2, 0.25) is 0 Å². The third kappa shape index (κ3) is 7.13. The zero-order chi connectivity index (χ0) is 21.9. The fourth-order valence-electron chi connectivity index (χ4n) is 4.36. The molecule has 1 N–H and O–H groups in total. The predicted octanol–water partition coefficient (Wildman–Crippen LogP) is 2.44. The zero-order valence-corrected chi connectivity index (χ0v) is 19.3. The number of anilines is 1. The number of ether oxygens (including phenoxy) is 1. The lowest BCUT2D eigenvalue weighted by atomic mass is 9.97. The number of nitrogens with zero attached hydrogens (tertiary/aromatic N) is 4. The molecule has 1 aromatic rings. The van der Waals surface area contributed by atoms with E-state index in [0.717, 1.165) is 84.1 Å². The number of benzene rings is 1. The van der Waals surface area contributed by atoms with Crippen LogP contribution in [0.5, 0.6) is 0 Å². The third-order valence-corrected chi connectivity index (χ3v) is 6.14. The number of carbonyl (C=O) groups excluding carboxylic acids is 1. The summed E-state index contributed by atoms with van der Waals surface area (Å²) in [7, 11) is 0. The van der Waals surface area contributed by atoms with Gasteiger partial charge in [0.05, 0.1) is 12.5 Å². The molecule has 0 saturated carbocycles. The van der Waals surface area contributed by atoms with E-state index < -0.39 is 0 Å². The summed E-state index contributed by atoms with van der Waals surface area (Å²) in [6.07, 6.45) is 2.75. The van der Waals surface area contributed by atoms with Gasteiger partial charge in [-0.2, -0.15) is 0 Å². The highest BCUT2D eigenvalue weighted by Crippen LogP contribution is 2.19. The Balaban J connectivity index is 1.38. The molecule has 0 spiro atoms. The smallest absolute Gasteiger partial charge is 0.309 e. The second-order valence-corrected chi connectivity index (χ2v) is 8.27. The van der Waals surface area contributed by atoms with Gasteiger partial charge >= 0.3 is 5.97 Å². The Hall–Kier alpha value is -2.28. The van der Waals surface area contributed by atoms with E-state index in [9.17, 15) is 4.79 Å².